The van der Waals surface area contributed by atoms with Gasteiger partial charge in [0.1, 0.15) is 10.6 Å². The molecule has 0 saturated heterocycles. The highest BCUT2D eigenvalue weighted by molar-refractivity contribution is 7.19. The van der Waals surface area contributed by atoms with Crippen LogP contribution in [0.5, 0.6) is 0 Å². The highest BCUT2D eigenvalue weighted by Crippen LogP contribution is 2.42. The number of anilines is 1. The Balaban J connectivity index is 2.26. The van der Waals surface area contributed by atoms with Crippen LogP contribution >= 0.6 is 22.9 Å². The molecule has 138 valence electrons. The molecule has 3 aromatic rings. The fourth-order valence-corrected chi connectivity index (χ4v) is 4.56. The predicted octanol–water partition coefficient (Wildman–Crippen LogP) is 6.56. The number of aromatic nitrogens is 2. The monoisotopic (exact) mass is 387 g/mol. The minimum atomic E-state index is 0.329. The Morgan fingerprint density at radius 3 is 2.50 bits per heavy atom. The smallest absolute Gasteiger partial charge is 0.225 e. The van der Waals surface area contributed by atoms with Gasteiger partial charge in [0.05, 0.1) is 5.39 Å². The van der Waals surface area contributed by atoms with E-state index in [9.17, 15) is 0 Å². The van der Waals surface area contributed by atoms with Crippen molar-refractivity contribution in [2.24, 2.45) is 0 Å². The van der Waals surface area contributed by atoms with Crippen LogP contribution in [0.1, 0.15) is 42.7 Å². The normalized spacial score (nSPS) is 11.3. The van der Waals surface area contributed by atoms with Crippen molar-refractivity contribution >= 4 is 39.0 Å². The number of aryl methyl sites for hydroxylation is 3. The molecular weight excluding hydrogens is 362 g/mol. The van der Waals surface area contributed by atoms with Crippen LogP contribution in [-0.2, 0) is 0 Å². The average molecular weight is 388 g/mol. The number of halogens is 1. The first kappa shape index (κ1) is 19.1. The van der Waals surface area contributed by atoms with Crippen LogP contribution < -0.4 is 4.90 Å². The summed E-state index contributed by atoms with van der Waals surface area (Å²) in [6.07, 6.45) is 2.30. The number of benzene rings is 1. The fourth-order valence-electron chi connectivity index (χ4n) is 3.30. The maximum absolute atomic E-state index is 6.27. The second-order valence-corrected chi connectivity index (χ2v) is 8.30. The molecule has 0 N–H and O–H groups in total. The highest BCUT2D eigenvalue weighted by atomic mass is 35.5. The Hall–Kier alpha value is -1.65. The predicted molar refractivity (Wildman–Crippen MR) is 115 cm³/mol. The lowest BCUT2D eigenvalue weighted by molar-refractivity contribution is 0.726. The molecular formula is C21H26ClN3S. The van der Waals surface area contributed by atoms with E-state index in [2.05, 4.69) is 67.7 Å². The van der Waals surface area contributed by atoms with E-state index in [-0.39, 0.29) is 0 Å². The Morgan fingerprint density at radius 1 is 1.08 bits per heavy atom. The first-order valence-electron chi connectivity index (χ1n) is 9.25. The number of nitrogens with zero attached hydrogens (tertiary/aromatic N) is 3. The lowest BCUT2D eigenvalue weighted by Crippen LogP contribution is -2.25. The van der Waals surface area contributed by atoms with E-state index in [0.29, 0.717) is 5.28 Å². The molecule has 26 heavy (non-hydrogen) atoms. The molecule has 0 amide bonds. The zero-order valence-corrected chi connectivity index (χ0v) is 17.8. The third-order valence-electron chi connectivity index (χ3n) is 4.94. The third-order valence-corrected chi connectivity index (χ3v) is 6.11. The summed E-state index contributed by atoms with van der Waals surface area (Å²) in [6, 6.07) is 6.67. The van der Waals surface area contributed by atoms with Gasteiger partial charge in [-0.05, 0) is 62.4 Å². The van der Waals surface area contributed by atoms with E-state index in [1.165, 1.54) is 27.1 Å². The quantitative estimate of drug-likeness (QED) is 0.448. The van der Waals surface area contributed by atoms with Crippen molar-refractivity contribution in [3.63, 3.8) is 0 Å². The van der Waals surface area contributed by atoms with Gasteiger partial charge in [0, 0.05) is 23.5 Å². The lowest BCUT2D eigenvalue weighted by Gasteiger charge is -2.23. The molecule has 5 heteroatoms. The first-order valence-corrected chi connectivity index (χ1v) is 10.4. The van der Waals surface area contributed by atoms with Gasteiger partial charge in [-0.25, -0.2) is 4.98 Å². The van der Waals surface area contributed by atoms with Gasteiger partial charge in [0.2, 0.25) is 5.28 Å². The minimum Gasteiger partial charge on any atom is -0.356 e. The van der Waals surface area contributed by atoms with Crippen molar-refractivity contribution < 1.29 is 0 Å². The van der Waals surface area contributed by atoms with Gasteiger partial charge < -0.3 is 4.90 Å². The van der Waals surface area contributed by atoms with Gasteiger partial charge in [-0.1, -0.05) is 31.5 Å². The van der Waals surface area contributed by atoms with E-state index in [1.54, 1.807) is 11.3 Å². The summed E-state index contributed by atoms with van der Waals surface area (Å²) >= 11 is 7.97. The average Bonchev–Trinajstić information content (AvgIpc) is 2.93. The highest BCUT2D eigenvalue weighted by Gasteiger charge is 2.21. The molecule has 0 bridgehead atoms. The Labute approximate surface area is 165 Å². The number of rotatable bonds is 6. The van der Waals surface area contributed by atoms with Gasteiger partial charge in [-0.15, -0.1) is 11.3 Å². The summed E-state index contributed by atoms with van der Waals surface area (Å²) in [5.41, 5.74) is 5.09. The SMILES string of the molecule is CCCCN(CC)c1nc(Cl)nc2sc(C)c(-c3ccc(C)c(C)c3)c12. The van der Waals surface area contributed by atoms with Gasteiger partial charge >= 0.3 is 0 Å². The van der Waals surface area contributed by atoms with Crippen molar-refractivity contribution in [1.82, 2.24) is 9.97 Å². The molecule has 0 aliphatic heterocycles. The number of thiophene rings is 1. The molecule has 0 radical (unpaired) electrons. The number of hydrogen-bond donors (Lipinski definition) is 0. The summed E-state index contributed by atoms with van der Waals surface area (Å²) in [5, 5.41) is 1.47. The molecule has 0 spiro atoms. The maximum Gasteiger partial charge on any atom is 0.225 e. The van der Waals surface area contributed by atoms with E-state index < -0.39 is 0 Å². The van der Waals surface area contributed by atoms with Crippen molar-refractivity contribution in [1.29, 1.82) is 0 Å². The number of unbranched alkanes of at least 4 members (excludes halogenated alkanes) is 1. The molecule has 1 aromatic carbocycles. The Bertz CT molecular complexity index is 933. The van der Waals surface area contributed by atoms with Crippen LogP contribution in [-0.4, -0.2) is 23.1 Å². The van der Waals surface area contributed by atoms with Crippen LogP contribution in [0.15, 0.2) is 18.2 Å². The molecule has 0 unspecified atom stereocenters. The van der Waals surface area contributed by atoms with Crippen molar-refractivity contribution in [2.45, 2.75) is 47.5 Å². The van der Waals surface area contributed by atoms with Crippen molar-refractivity contribution in [2.75, 3.05) is 18.0 Å². The molecule has 3 rings (SSSR count). The standard InChI is InChI=1S/C21H26ClN3S/c1-6-8-11-25(7-2)19-18-17(16-10-9-13(3)14(4)12-16)15(5)26-20(18)24-21(22)23-19/h9-10,12H,6-8,11H2,1-5H3. The zero-order chi connectivity index (χ0) is 18.8. The van der Waals surface area contributed by atoms with Crippen molar-refractivity contribution in [3.05, 3.63) is 39.5 Å². The summed E-state index contributed by atoms with van der Waals surface area (Å²) in [5.74, 6) is 0.966. The summed E-state index contributed by atoms with van der Waals surface area (Å²) in [6.45, 7) is 12.8. The van der Waals surface area contributed by atoms with Crippen LogP contribution in [0.2, 0.25) is 5.28 Å². The molecule has 0 saturated carbocycles. The Kier molecular flexibility index (Phi) is 5.83. The molecule has 2 heterocycles. The van der Waals surface area contributed by atoms with Crippen LogP contribution in [0.3, 0.4) is 0 Å². The van der Waals surface area contributed by atoms with Crippen LogP contribution in [0, 0.1) is 20.8 Å². The number of fused-ring (bicyclic) bond motifs is 1. The fraction of sp³-hybridized carbons (Fsp3) is 0.429. The summed E-state index contributed by atoms with van der Waals surface area (Å²) < 4.78 is 0. The van der Waals surface area contributed by atoms with Gasteiger partial charge in [0.15, 0.2) is 0 Å². The maximum atomic E-state index is 6.27. The molecule has 0 fully saturated rings. The molecule has 3 nitrogen and oxygen atoms in total. The third kappa shape index (κ3) is 3.58. The second kappa shape index (κ2) is 7.93. The lowest BCUT2D eigenvalue weighted by atomic mass is 9.99. The summed E-state index contributed by atoms with van der Waals surface area (Å²) in [4.78, 5) is 13.7. The van der Waals surface area contributed by atoms with Gasteiger partial charge in [0.25, 0.3) is 0 Å². The largest absolute Gasteiger partial charge is 0.356 e. The molecule has 0 aliphatic rings. The van der Waals surface area contributed by atoms with E-state index in [0.717, 1.165) is 42.0 Å². The number of hydrogen-bond acceptors (Lipinski definition) is 4. The molecule has 0 atom stereocenters. The zero-order valence-electron chi connectivity index (χ0n) is 16.2. The summed E-state index contributed by atoms with van der Waals surface area (Å²) in [7, 11) is 0. The van der Waals surface area contributed by atoms with Gasteiger partial charge in [-0.3, -0.25) is 0 Å². The topological polar surface area (TPSA) is 29.0 Å². The second-order valence-electron chi connectivity index (χ2n) is 6.76. The van der Waals surface area contributed by atoms with Crippen molar-refractivity contribution in [3.8, 4) is 11.1 Å². The molecule has 0 aliphatic carbocycles. The molecule has 2 aromatic heterocycles. The van der Waals surface area contributed by atoms with Gasteiger partial charge in [-0.2, -0.15) is 4.98 Å². The Morgan fingerprint density at radius 2 is 1.85 bits per heavy atom. The first-order chi connectivity index (χ1) is 12.5. The van der Waals surface area contributed by atoms with Crippen LogP contribution in [0.4, 0.5) is 5.82 Å². The van der Waals surface area contributed by atoms with Crippen LogP contribution in [0.25, 0.3) is 21.3 Å². The van der Waals surface area contributed by atoms with E-state index in [1.807, 2.05) is 0 Å². The minimum absolute atomic E-state index is 0.329. The van der Waals surface area contributed by atoms with E-state index >= 15 is 0 Å². The van der Waals surface area contributed by atoms with E-state index in [4.69, 9.17) is 11.6 Å².